The van der Waals surface area contributed by atoms with Crippen LogP contribution in [-0.4, -0.2) is 60.9 Å². The molecule has 2 heterocycles. The number of carbonyl (C=O) groups is 2. The first-order chi connectivity index (χ1) is 9.15. The summed E-state index contributed by atoms with van der Waals surface area (Å²) in [4.78, 5) is 27.7. The van der Waals surface area contributed by atoms with Gasteiger partial charge >= 0.3 is 0 Å². The topological polar surface area (TPSA) is 52.7 Å². The summed E-state index contributed by atoms with van der Waals surface area (Å²) in [5, 5.41) is 3.37. The van der Waals surface area contributed by atoms with Crippen LogP contribution in [0, 0.1) is 11.8 Å². The second kappa shape index (κ2) is 7.84. The highest BCUT2D eigenvalue weighted by atomic mass is 35.5. The van der Waals surface area contributed by atoms with Crippen LogP contribution in [0.25, 0.3) is 0 Å². The number of hydrogen-bond acceptors (Lipinski definition) is 3. The molecule has 2 saturated heterocycles. The molecule has 2 fully saturated rings. The molecule has 0 radical (unpaired) electrons. The number of carbonyl (C=O) groups excluding carboxylic acids is 2. The Hall–Kier alpha value is -0.810. The lowest BCUT2D eigenvalue weighted by Gasteiger charge is -2.20. The summed E-state index contributed by atoms with van der Waals surface area (Å²) in [6.07, 6.45) is 0.715. The summed E-state index contributed by atoms with van der Waals surface area (Å²) in [5.41, 5.74) is 0. The maximum absolute atomic E-state index is 12.1. The monoisotopic (exact) mass is 303 g/mol. The van der Waals surface area contributed by atoms with Crippen LogP contribution in [0.4, 0.5) is 0 Å². The van der Waals surface area contributed by atoms with Crippen LogP contribution in [0.3, 0.4) is 0 Å². The van der Waals surface area contributed by atoms with Crippen LogP contribution in [0.1, 0.15) is 26.7 Å². The molecule has 2 rings (SSSR count). The molecule has 20 heavy (non-hydrogen) atoms. The van der Waals surface area contributed by atoms with Gasteiger partial charge in [0, 0.05) is 52.1 Å². The fourth-order valence-electron chi connectivity index (χ4n) is 3.17. The van der Waals surface area contributed by atoms with Gasteiger partial charge in [-0.3, -0.25) is 9.59 Å². The van der Waals surface area contributed by atoms with Gasteiger partial charge in [-0.1, -0.05) is 0 Å². The molecule has 0 bridgehead atoms. The smallest absolute Gasteiger partial charge is 0.223 e. The summed E-state index contributed by atoms with van der Waals surface area (Å²) in [6.45, 7) is 9.20. The zero-order valence-corrected chi connectivity index (χ0v) is 13.2. The van der Waals surface area contributed by atoms with Crippen LogP contribution in [0.5, 0.6) is 0 Å². The van der Waals surface area contributed by atoms with Crippen LogP contribution in [-0.2, 0) is 9.59 Å². The van der Waals surface area contributed by atoms with Crippen molar-refractivity contribution in [1.29, 1.82) is 0 Å². The van der Waals surface area contributed by atoms with Crippen LogP contribution < -0.4 is 5.32 Å². The number of amides is 2. The first-order valence-electron chi connectivity index (χ1n) is 7.42. The number of halogens is 1. The van der Waals surface area contributed by atoms with Crippen molar-refractivity contribution >= 4 is 24.2 Å². The average Bonchev–Trinajstić information content (AvgIpc) is 2.98. The molecule has 2 aliphatic rings. The molecule has 116 valence electrons. The third kappa shape index (κ3) is 3.85. The molecule has 0 saturated carbocycles. The van der Waals surface area contributed by atoms with E-state index in [9.17, 15) is 9.59 Å². The molecule has 0 aliphatic carbocycles. The largest absolute Gasteiger partial charge is 0.343 e. The number of nitrogens with zero attached hydrogens (tertiary/aromatic N) is 2. The predicted molar refractivity (Wildman–Crippen MR) is 80.8 cm³/mol. The van der Waals surface area contributed by atoms with E-state index < -0.39 is 0 Å². The Bertz CT molecular complexity index is 335. The Morgan fingerprint density at radius 1 is 1.10 bits per heavy atom. The van der Waals surface area contributed by atoms with E-state index in [0.717, 1.165) is 39.3 Å². The molecule has 2 atom stereocenters. The molecule has 2 aliphatic heterocycles. The third-order valence-corrected chi connectivity index (χ3v) is 4.41. The van der Waals surface area contributed by atoms with Crippen molar-refractivity contribution in [3.8, 4) is 0 Å². The van der Waals surface area contributed by atoms with Crippen molar-refractivity contribution in [2.24, 2.45) is 11.8 Å². The van der Waals surface area contributed by atoms with Gasteiger partial charge in [-0.05, 0) is 25.7 Å². The highest BCUT2D eigenvalue weighted by molar-refractivity contribution is 5.85. The van der Waals surface area contributed by atoms with Crippen molar-refractivity contribution in [3.63, 3.8) is 0 Å². The summed E-state index contributed by atoms with van der Waals surface area (Å²) in [7, 11) is 0. The van der Waals surface area contributed by atoms with E-state index in [0.29, 0.717) is 24.7 Å². The van der Waals surface area contributed by atoms with E-state index in [4.69, 9.17) is 0 Å². The van der Waals surface area contributed by atoms with Gasteiger partial charge in [0.1, 0.15) is 0 Å². The Balaban J connectivity index is 0.00000200. The lowest BCUT2D eigenvalue weighted by molar-refractivity contribution is -0.136. The van der Waals surface area contributed by atoms with Crippen molar-refractivity contribution in [2.75, 3.05) is 39.3 Å². The van der Waals surface area contributed by atoms with Gasteiger partial charge in [0.2, 0.25) is 11.8 Å². The molecule has 2 amide bonds. The molecule has 0 aromatic rings. The van der Waals surface area contributed by atoms with E-state index in [-0.39, 0.29) is 24.2 Å². The Kier molecular flexibility index (Phi) is 6.76. The molecule has 0 aromatic carbocycles. The third-order valence-electron chi connectivity index (χ3n) is 4.41. The molecule has 5 nitrogen and oxygen atoms in total. The number of hydrogen-bond donors (Lipinski definition) is 1. The van der Waals surface area contributed by atoms with E-state index in [1.54, 1.807) is 4.90 Å². The number of nitrogens with one attached hydrogen (secondary N) is 1. The maximum atomic E-state index is 12.1. The fraction of sp³-hybridized carbons (Fsp3) is 0.857. The molecular formula is C14H26ClN3O2. The van der Waals surface area contributed by atoms with Crippen LogP contribution in [0.15, 0.2) is 0 Å². The number of rotatable bonds is 5. The predicted octanol–water partition coefficient (Wildman–Crippen LogP) is 0.735. The normalized spacial score (nSPS) is 24.2. The molecule has 0 aromatic heterocycles. The van der Waals surface area contributed by atoms with Gasteiger partial charge in [0.25, 0.3) is 0 Å². The summed E-state index contributed by atoms with van der Waals surface area (Å²) in [6, 6.07) is 0. The van der Waals surface area contributed by atoms with E-state index in [1.165, 1.54) is 0 Å². The maximum Gasteiger partial charge on any atom is 0.223 e. The van der Waals surface area contributed by atoms with Crippen LogP contribution in [0.2, 0.25) is 0 Å². The Morgan fingerprint density at radius 3 is 2.15 bits per heavy atom. The van der Waals surface area contributed by atoms with Crippen LogP contribution >= 0.6 is 12.4 Å². The highest BCUT2D eigenvalue weighted by Crippen LogP contribution is 2.26. The number of likely N-dealkylation sites (tertiary alicyclic amines) is 1. The Labute approximate surface area is 127 Å². The van der Waals surface area contributed by atoms with Gasteiger partial charge < -0.3 is 15.1 Å². The first kappa shape index (κ1) is 17.2. The zero-order valence-electron chi connectivity index (χ0n) is 12.4. The second-order valence-electron chi connectivity index (χ2n) is 5.54. The minimum atomic E-state index is 0. The van der Waals surface area contributed by atoms with Crippen molar-refractivity contribution in [2.45, 2.75) is 26.7 Å². The summed E-state index contributed by atoms with van der Waals surface area (Å²) in [5.74, 6) is 1.50. The molecule has 0 unspecified atom stereocenters. The lowest BCUT2D eigenvalue weighted by atomic mass is 10.0. The zero-order chi connectivity index (χ0) is 13.8. The molecular weight excluding hydrogens is 278 g/mol. The first-order valence-corrected chi connectivity index (χ1v) is 7.42. The minimum absolute atomic E-state index is 0. The van der Waals surface area contributed by atoms with Gasteiger partial charge in [0.05, 0.1) is 0 Å². The van der Waals surface area contributed by atoms with Gasteiger partial charge in [-0.25, -0.2) is 0 Å². The molecule has 1 N–H and O–H groups in total. The molecule has 6 heteroatoms. The lowest BCUT2D eigenvalue weighted by Crippen LogP contribution is -2.34. The standard InChI is InChI=1S/C14H25N3O2.ClH/c1-3-16(4-2)13(18)5-6-14(19)17-9-11-7-15-8-12(11)10-17;/h11-12,15H,3-10H2,1-2H3;1H/t11-,12+;. The SMILES string of the molecule is CCN(CC)C(=O)CCC(=O)N1C[C@H]2CNC[C@H]2C1.Cl. The van der Waals surface area contributed by atoms with Gasteiger partial charge in [-0.2, -0.15) is 0 Å². The van der Waals surface area contributed by atoms with Gasteiger partial charge in [-0.15, -0.1) is 12.4 Å². The quantitative estimate of drug-likeness (QED) is 0.815. The van der Waals surface area contributed by atoms with E-state index in [2.05, 4.69) is 5.32 Å². The molecule has 0 spiro atoms. The fourth-order valence-corrected chi connectivity index (χ4v) is 3.17. The highest BCUT2D eigenvalue weighted by Gasteiger charge is 2.37. The van der Waals surface area contributed by atoms with E-state index >= 15 is 0 Å². The minimum Gasteiger partial charge on any atom is -0.343 e. The Morgan fingerprint density at radius 2 is 1.65 bits per heavy atom. The second-order valence-corrected chi connectivity index (χ2v) is 5.54. The van der Waals surface area contributed by atoms with Crippen molar-refractivity contribution in [1.82, 2.24) is 15.1 Å². The van der Waals surface area contributed by atoms with Crippen molar-refractivity contribution < 1.29 is 9.59 Å². The van der Waals surface area contributed by atoms with E-state index in [1.807, 2.05) is 18.7 Å². The number of fused-ring (bicyclic) bond motifs is 1. The average molecular weight is 304 g/mol. The van der Waals surface area contributed by atoms with Crippen molar-refractivity contribution in [3.05, 3.63) is 0 Å². The summed E-state index contributed by atoms with van der Waals surface area (Å²) < 4.78 is 0. The van der Waals surface area contributed by atoms with Gasteiger partial charge in [0.15, 0.2) is 0 Å². The summed E-state index contributed by atoms with van der Waals surface area (Å²) >= 11 is 0.